The van der Waals surface area contributed by atoms with Crippen LogP contribution < -0.4 is 0 Å². The number of halogens is 4. The third kappa shape index (κ3) is 1.74. The van der Waals surface area contributed by atoms with E-state index < -0.39 is 5.82 Å². The van der Waals surface area contributed by atoms with Gasteiger partial charge in [-0.2, -0.15) is 0 Å². The largest absolute Gasteiger partial charge is 0.207 e. The van der Waals surface area contributed by atoms with Gasteiger partial charge in [-0.1, -0.05) is 23.2 Å². The van der Waals surface area contributed by atoms with Crippen molar-refractivity contribution in [2.75, 3.05) is 0 Å². The molecule has 0 fully saturated rings. The Bertz CT molecular complexity index is 239. The van der Waals surface area contributed by atoms with E-state index in [2.05, 4.69) is 0 Å². The van der Waals surface area contributed by atoms with Gasteiger partial charge in [-0.15, -0.1) is 0 Å². The summed E-state index contributed by atoms with van der Waals surface area (Å²) in [5.41, 5.74) is 0. The van der Waals surface area contributed by atoms with E-state index in [0.29, 0.717) is 13.6 Å². The van der Waals surface area contributed by atoms with Gasteiger partial charge in [-0.3, -0.25) is 0 Å². The maximum absolute atomic E-state index is 12.4. The Hall–Kier alpha value is 0.460. The Morgan fingerprint density at radius 2 is 1.60 bits per heavy atom. The predicted molar refractivity (Wildman–Crippen MR) is 49.1 cm³/mol. The summed E-state index contributed by atoms with van der Waals surface area (Å²) in [5.74, 6) is -0.407. The number of hydrogen-bond donors (Lipinski definition) is 0. The summed E-state index contributed by atoms with van der Waals surface area (Å²) in [7, 11) is 0. The molecule has 0 amide bonds. The van der Waals surface area contributed by atoms with Crippen LogP contribution in [-0.4, -0.2) is 0 Å². The molecule has 1 aromatic rings. The fraction of sp³-hybridized carbons (Fsp3) is 0. The van der Waals surface area contributed by atoms with Crippen LogP contribution in [0.3, 0.4) is 0 Å². The Balaban J connectivity index is 3.31. The van der Waals surface area contributed by atoms with Crippen molar-refractivity contribution in [3.8, 4) is 0 Å². The average molecular weight is 291 g/mol. The van der Waals surface area contributed by atoms with Crippen LogP contribution in [0.15, 0.2) is 12.1 Å². The average Bonchev–Trinajstić information content (AvgIpc) is 1.82. The number of rotatable bonds is 0. The van der Waals surface area contributed by atoms with E-state index in [0.717, 1.165) is 0 Å². The van der Waals surface area contributed by atoms with Crippen molar-refractivity contribution in [3.63, 3.8) is 0 Å². The quantitative estimate of drug-likeness (QED) is 0.388. The molecule has 0 bridgehead atoms. The summed E-state index contributed by atoms with van der Waals surface area (Å²) in [5, 5.41) is 0.705. The Morgan fingerprint density at radius 1 is 1.20 bits per heavy atom. The third-order valence-corrected chi connectivity index (χ3v) is 3.34. The zero-order valence-corrected chi connectivity index (χ0v) is 8.34. The second-order valence-corrected chi connectivity index (χ2v) is 3.58. The molecule has 0 unspecified atom stereocenters. The first-order valence-corrected chi connectivity index (χ1v) is 4.25. The molecule has 10 heavy (non-hydrogen) atoms. The lowest BCUT2D eigenvalue weighted by molar-refractivity contribution is 0.627. The normalized spacial score (nSPS) is 10.0. The maximum atomic E-state index is 12.4. The van der Waals surface area contributed by atoms with Crippen LogP contribution in [0.25, 0.3) is 0 Å². The molecule has 0 spiro atoms. The Morgan fingerprint density at radius 3 is 2.00 bits per heavy atom. The zero-order valence-electron chi connectivity index (χ0n) is 4.67. The highest BCUT2D eigenvalue weighted by Crippen LogP contribution is 2.26. The van der Waals surface area contributed by atoms with Gasteiger partial charge in [0.05, 0.1) is 13.6 Å². The molecule has 0 saturated carbocycles. The smallest absolute Gasteiger partial charge is 0.126 e. The predicted octanol–water partition coefficient (Wildman–Crippen LogP) is 3.74. The summed E-state index contributed by atoms with van der Waals surface area (Å²) in [6.45, 7) is 0. The van der Waals surface area contributed by atoms with Crippen LogP contribution in [-0.2, 0) is 0 Å². The molecule has 0 atom stereocenters. The van der Waals surface area contributed by atoms with Crippen LogP contribution in [0.2, 0.25) is 10.0 Å². The molecule has 0 saturated heterocycles. The lowest BCUT2D eigenvalue weighted by Gasteiger charge is -1.97. The van der Waals surface area contributed by atoms with Crippen molar-refractivity contribution in [2.45, 2.75) is 0 Å². The van der Waals surface area contributed by atoms with E-state index in [9.17, 15) is 4.39 Å². The zero-order chi connectivity index (χ0) is 7.72. The highest BCUT2D eigenvalue weighted by molar-refractivity contribution is 14.1. The molecule has 0 heterocycles. The highest BCUT2D eigenvalue weighted by atomic mass is 127. The van der Waals surface area contributed by atoms with Gasteiger partial charge < -0.3 is 0 Å². The van der Waals surface area contributed by atoms with Crippen molar-refractivity contribution in [1.29, 1.82) is 0 Å². The lowest BCUT2D eigenvalue weighted by atomic mass is 10.3. The molecule has 0 aliphatic heterocycles. The minimum absolute atomic E-state index is 0.352. The molecule has 0 N–H and O–H groups in total. The maximum Gasteiger partial charge on any atom is 0.126 e. The first-order valence-electron chi connectivity index (χ1n) is 2.41. The second-order valence-electron chi connectivity index (χ2n) is 1.68. The molecule has 1 aromatic carbocycles. The first-order chi connectivity index (χ1) is 4.61. The van der Waals surface area contributed by atoms with E-state index in [-0.39, 0.29) is 0 Å². The second kappa shape index (κ2) is 3.24. The Labute approximate surface area is 81.5 Å². The molecule has 0 nitrogen and oxygen atoms in total. The van der Waals surface area contributed by atoms with Crippen LogP contribution in [0.5, 0.6) is 0 Å². The molecule has 1 rings (SSSR count). The molecular formula is C6H2Cl2FI. The fourth-order valence-corrected chi connectivity index (χ4v) is 1.30. The molecule has 0 aromatic heterocycles. The summed E-state index contributed by atoms with van der Waals surface area (Å²) >= 11 is 13.1. The summed E-state index contributed by atoms with van der Waals surface area (Å²) < 4.78 is 13.1. The molecule has 0 aliphatic rings. The van der Waals surface area contributed by atoms with Gasteiger partial charge in [0.25, 0.3) is 0 Å². The molecule has 54 valence electrons. The first kappa shape index (κ1) is 8.56. The van der Waals surface area contributed by atoms with Crippen LogP contribution >= 0.6 is 45.8 Å². The topological polar surface area (TPSA) is 0 Å². The van der Waals surface area contributed by atoms with Gasteiger partial charge in [0, 0.05) is 0 Å². The molecular weight excluding hydrogens is 289 g/mol. The van der Waals surface area contributed by atoms with E-state index in [1.54, 1.807) is 0 Å². The van der Waals surface area contributed by atoms with Crippen LogP contribution in [0.1, 0.15) is 0 Å². The molecule has 0 radical (unpaired) electrons. The SMILES string of the molecule is Fc1cc(Cl)c(I)c(Cl)c1. The van der Waals surface area contributed by atoms with Crippen molar-refractivity contribution in [3.05, 3.63) is 31.6 Å². The Kier molecular flexibility index (Phi) is 2.77. The van der Waals surface area contributed by atoms with E-state index >= 15 is 0 Å². The van der Waals surface area contributed by atoms with Crippen LogP contribution in [0, 0.1) is 9.39 Å². The van der Waals surface area contributed by atoms with Gasteiger partial charge in [0.2, 0.25) is 0 Å². The number of benzene rings is 1. The van der Waals surface area contributed by atoms with Gasteiger partial charge in [-0.05, 0) is 34.7 Å². The van der Waals surface area contributed by atoms with Crippen molar-refractivity contribution in [1.82, 2.24) is 0 Å². The third-order valence-electron chi connectivity index (χ3n) is 0.949. The van der Waals surface area contributed by atoms with E-state index in [4.69, 9.17) is 23.2 Å². The fourth-order valence-electron chi connectivity index (χ4n) is 0.525. The summed E-state index contributed by atoms with van der Waals surface area (Å²) in [6.07, 6.45) is 0. The van der Waals surface area contributed by atoms with Gasteiger partial charge >= 0.3 is 0 Å². The monoisotopic (exact) mass is 290 g/mol. The van der Waals surface area contributed by atoms with Crippen molar-refractivity contribution >= 4 is 45.8 Å². The van der Waals surface area contributed by atoms with Crippen LogP contribution in [0.4, 0.5) is 4.39 Å². The van der Waals surface area contributed by atoms with Gasteiger partial charge in [0.15, 0.2) is 0 Å². The van der Waals surface area contributed by atoms with Gasteiger partial charge in [0.1, 0.15) is 5.82 Å². The number of hydrogen-bond acceptors (Lipinski definition) is 0. The molecule has 0 aliphatic carbocycles. The minimum atomic E-state index is -0.407. The molecule has 4 heteroatoms. The van der Waals surface area contributed by atoms with Crippen molar-refractivity contribution in [2.24, 2.45) is 0 Å². The highest BCUT2D eigenvalue weighted by Gasteiger charge is 2.03. The van der Waals surface area contributed by atoms with E-state index in [1.807, 2.05) is 22.6 Å². The minimum Gasteiger partial charge on any atom is -0.207 e. The summed E-state index contributed by atoms with van der Waals surface area (Å²) in [4.78, 5) is 0. The summed E-state index contributed by atoms with van der Waals surface area (Å²) in [6, 6.07) is 2.46. The lowest BCUT2D eigenvalue weighted by Crippen LogP contribution is -1.79. The van der Waals surface area contributed by atoms with Crippen molar-refractivity contribution < 1.29 is 4.39 Å². The van der Waals surface area contributed by atoms with Gasteiger partial charge in [-0.25, -0.2) is 4.39 Å². The standard InChI is InChI=1S/C6H2Cl2FI/c7-4-1-3(9)2-5(8)6(4)10/h1-2H. The van der Waals surface area contributed by atoms with E-state index in [1.165, 1.54) is 12.1 Å².